The molecular weight excluding hydrogens is 257 g/mol. The Morgan fingerprint density at radius 2 is 1.95 bits per heavy atom. The zero-order chi connectivity index (χ0) is 14.8. The predicted octanol–water partition coefficient (Wildman–Crippen LogP) is 2.55. The van der Waals surface area contributed by atoms with Gasteiger partial charge in [0, 0.05) is 12.1 Å². The lowest BCUT2D eigenvalue weighted by molar-refractivity contribution is -0.168. The van der Waals surface area contributed by atoms with Gasteiger partial charge in [0.2, 0.25) is 5.91 Å². The summed E-state index contributed by atoms with van der Waals surface area (Å²) in [7, 11) is 0. The normalized spacial score (nSPS) is 28.5. The Balaban J connectivity index is 2.81. The summed E-state index contributed by atoms with van der Waals surface area (Å²) in [6.45, 7) is 4.01. The van der Waals surface area contributed by atoms with E-state index in [0.717, 1.165) is 11.3 Å². The van der Waals surface area contributed by atoms with Crippen molar-refractivity contribution in [2.75, 3.05) is 6.54 Å². The van der Waals surface area contributed by atoms with Crippen LogP contribution in [0.15, 0.2) is 0 Å². The first-order valence-electron chi connectivity index (χ1n) is 6.74. The van der Waals surface area contributed by atoms with E-state index in [1.165, 1.54) is 0 Å². The third-order valence-corrected chi connectivity index (χ3v) is 3.74. The van der Waals surface area contributed by atoms with Crippen molar-refractivity contribution >= 4 is 5.91 Å². The molecule has 6 heteroatoms. The molecule has 0 aromatic heterocycles. The lowest BCUT2D eigenvalue weighted by atomic mass is 9.78. The van der Waals surface area contributed by atoms with Crippen molar-refractivity contribution in [1.29, 1.82) is 0 Å². The van der Waals surface area contributed by atoms with E-state index in [9.17, 15) is 18.0 Å². The van der Waals surface area contributed by atoms with Crippen LogP contribution < -0.4 is 5.73 Å². The van der Waals surface area contributed by atoms with Crippen molar-refractivity contribution in [2.24, 2.45) is 17.6 Å². The number of rotatable bonds is 3. The maximum absolute atomic E-state index is 12.5. The number of nitrogens with zero attached hydrogens (tertiary/aromatic N) is 1. The second kappa shape index (κ2) is 6.11. The summed E-state index contributed by atoms with van der Waals surface area (Å²) in [5, 5.41) is 0. The van der Waals surface area contributed by atoms with E-state index in [2.05, 4.69) is 0 Å². The molecule has 0 aromatic carbocycles. The first-order chi connectivity index (χ1) is 8.61. The number of carbonyl (C=O) groups excluding carboxylic acids is 1. The van der Waals surface area contributed by atoms with Crippen molar-refractivity contribution in [3.63, 3.8) is 0 Å². The van der Waals surface area contributed by atoms with Crippen LogP contribution in [0.3, 0.4) is 0 Å². The van der Waals surface area contributed by atoms with Crippen LogP contribution >= 0.6 is 0 Å². The average molecular weight is 280 g/mol. The number of carbonyl (C=O) groups is 1. The SMILES string of the molecule is CC1CCC(N)C(C(=O)N(CC(F)(F)F)C(C)C)C1. The summed E-state index contributed by atoms with van der Waals surface area (Å²) >= 11 is 0. The Hall–Kier alpha value is -0.780. The molecule has 1 aliphatic rings. The molecule has 1 saturated carbocycles. The number of halogens is 3. The summed E-state index contributed by atoms with van der Waals surface area (Å²) in [4.78, 5) is 13.2. The van der Waals surface area contributed by atoms with Gasteiger partial charge in [-0.3, -0.25) is 4.79 Å². The van der Waals surface area contributed by atoms with Crippen LogP contribution in [-0.4, -0.2) is 35.6 Å². The molecule has 3 nitrogen and oxygen atoms in total. The molecule has 1 rings (SSSR count). The highest BCUT2D eigenvalue weighted by molar-refractivity contribution is 5.80. The zero-order valence-corrected chi connectivity index (χ0v) is 11.7. The van der Waals surface area contributed by atoms with Gasteiger partial charge in [-0.05, 0) is 39.0 Å². The smallest absolute Gasteiger partial charge is 0.331 e. The minimum atomic E-state index is -4.37. The van der Waals surface area contributed by atoms with Gasteiger partial charge in [0.15, 0.2) is 0 Å². The van der Waals surface area contributed by atoms with Crippen LogP contribution in [0, 0.1) is 11.8 Å². The number of nitrogens with two attached hydrogens (primary N) is 1. The maximum atomic E-state index is 12.5. The van der Waals surface area contributed by atoms with E-state index in [1.54, 1.807) is 13.8 Å². The van der Waals surface area contributed by atoms with Gasteiger partial charge < -0.3 is 10.6 Å². The Morgan fingerprint density at radius 1 is 1.37 bits per heavy atom. The second-order valence-electron chi connectivity index (χ2n) is 5.86. The summed E-state index contributed by atoms with van der Waals surface area (Å²) in [5.41, 5.74) is 5.92. The van der Waals surface area contributed by atoms with E-state index in [0.29, 0.717) is 18.8 Å². The maximum Gasteiger partial charge on any atom is 0.406 e. The molecule has 1 fully saturated rings. The first-order valence-corrected chi connectivity index (χ1v) is 6.74. The Morgan fingerprint density at radius 3 is 2.42 bits per heavy atom. The topological polar surface area (TPSA) is 46.3 Å². The van der Waals surface area contributed by atoms with Gasteiger partial charge in [-0.1, -0.05) is 6.92 Å². The van der Waals surface area contributed by atoms with Crippen LogP contribution in [0.1, 0.15) is 40.0 Å². The molecule has 0 radical (unpaired) electrons. The van der Waals surface area contributed by atoms with Crippen LogP contribution in [-0.2, 0) is 4.79 Å². The third-order valence-electron chi connectivity index (χ3n) is 3.74. The molecule has 0 aliphatic heterocycles. The fourth-order valence-corrected chi connectivity index (χ4v) is 2.61. The van der Waals surface area contributed by atoms with Gasteiger partial charge in [-0.2, -0.15) is 13.2 Å². The van der Waals surface area contributed by atoms with Gasteiger partial charge in [-0.15, -0.1) is 0 Å². The summed E-state index contributed by atoms with van der Waals surface area (Å²) in [5.74, 6) is -0.589. The van der Waals surface area contributed by atoms with E-state index in [-0.39, 0.29) is 6.04 Å². The number of alkyl halides is 3. The standard InChI is InChI=1S/C13H23F3N2O/c1-8(2)18(7-13(14,15)16)12(19)10-6-9(3)4-5-11(10)17/h8-11H,4-7,17H2,1-3H3. The predicted molar refractivity (Wildman–Crippen MR) is 67.4 cm³/mol. The lowest BCUT2D eigenvalue weighted by Gasteiger charge is -2.37. The second-order valence-corrected chi connectivity index (χ2v) is 5.86. The molecule has 3 unspecified atom stereocenters. The minimum absolute atomic E-state index is 0.321. The fraction of sp³-hybridized carbons (Fsp3) is 0.923. The first kappa shape index (κ1) is 16.3. The third kappa shape index (κ3) is 4.67. The number of hydrogen-bond acceptors (Lipinski definition) is 2. The molecule has 0 saturated heterocycles. The highest BCUT2D eigenvalue weighted by Gasteiger charge is 2.39. The summed E-state index contributed by atoms with van der Waals surface area (Å²) in [6.07, 6.45) is -2.15. The van der Waals surface area contributed by atoms with Crippen LogP contribution in [0.5, 0.6) is 0 Å². The van der Waals surface area contributed by atoms with E-state index < -0.39 is 30.6 Å². The van der Waals surface area contributed by atoms with Gasteiger partial charge in [-0.25, -0.2) is 0 Å². The zero-order valence-electron chi connectivity index (χ0n) is 11.7. The van der Waals surface area contributed by atoms with Gasteiger partial charge in [0.25, 0.3) is 0 Å². The van der Waals surface area contributed by atoms with Crippen LogP contribution in [0.4, 0.5) is 13.2 Å². The van der Waals surface area contributed by atoms with Crippen LogP contribution in [0.25, 0.3) is 0 Å². The Kier molecular flexibility index (Phi) is 5.24. The van der Waals surface area contributed by atoms with Crippen molar-refractivity contribution in [1.82, 2.24) is 4.90 Å². The molecule has 0 heterocycles. The molecule has 0 bridgehead atoms. The van der Waals surface area contributed by atoms with Crippen molar-refractivity contribution < 1.29 is 18.0 Å². The number of amides is 1. The van der Waals surface area contributed by atoms with E-state index in [4.69, 9.17) is 5.73 Å². The van der Waals surface area contributed by atoms with Crippen molar-refractivity contribution in [3.8, 4) is 0 Å². The summed E-state index contributed by atoms with van der Waals surface area (Å²) in [6, 6.07) is -0.795. The minimum Gasteiger partial charge on any atom is -0.331 e. The highest BCUT2D eigenvalue weighted by atomic mass is 19.4. The molecule has 3 atom stereocenters. The molecule has 0 spiro atoms. The van der Waals surface area contributed by atoms with Crippen molar-refractivity contribution in [3.05, 3.63) is 0 Å². The quantitative estimate of drug-likeness (QED) is 0.863. The van der Waals surface area contributed by atoms with Gasteiger partial charge in [0.1, 0.15) is 6.54 Å². The van der Waals surface area contributed by atoms with Crippen LogP contribution in [0.2, 0.25) is 0 Å². The monoisotopic (exact) mass is 280 g/mol. The van der Waals surface area contributed by atoms with E-state index >= 15 is 0 Å². The molecule has 19 heavy (non-hydrogen) atoms. The van der Waals surface area contributed by atoms with Gasteiger partial charge in [0.05, 0.1) is 5.92 Å². The average Bonchev–Trinajstić information content (AvgIpc) is 2.27. The summed E-state index contributed by atoms with van der Waals surface area (Å²) < 4.78 is 37.6. The molecule has 1 aliphatic carbocycles. The number of hydrogen-bond donors (Lipinski definition) is 1. The highest BCUT2D eigenvalue weighted by Crippen LogP contribution is 2.30. The fourth-order valence-electron chi connectivity index (χ4n) is 2.61. The lowest BCUT2D eigenvalue weighted by Crippen LogP contribution is -2.51. The molecule has 1 amide bonds. The molecule has 112 valence electrons. The molecular formula is C13H23F3N2O. The Bertz CT molecular complexity index is 318. The molecule has 0 aromatic rings. The van der Waals surface area contributed by atoms with Gasteiger partial charge >= 0.3 is 6.18 Å². The Labute approximate surface area is 112 Å². The largest absolute Gasteiger partial charge is 0.406 e. The van der Waals surface area contributed by atoms with Crippen molar-refractivity contribution in [2.45, 2.75) is 58.3 Å². The molecule has 2 N–H and O–H groups in total. The van der Waals surface area contributed by atoms with E-state index in [1.807, 2.05) is 6.92 Å².